The fraction of sp³-hybridized carbons (Fsp3) is 0.143. The summed E-state index contributed by atoms with van der Waals surface area (Å²) in [6.07, 6.45) is 2.40. The van der Waals surface area contributed by atoms with Crippen molar-refractivity contribution in [1.29, 1.82) is 0 Å². The van der Waals surface area contributed by atoms with Gasteiger partial charge in [0, 0.05) is 11.8 Å². The van der Waals surface area contributed by atoms with E-state index in [4.69, 9.17) is 0 Å². The predicted molar refractivity (Wildman–Crippen MR) is 34.2 cm³/mol. The summed E-state index contributed by atoms with van der Waals surface area (Å²) in [4.78, 5) is 14.1. The van der Waals surface area contributed by atoms with Gasteiger partial charge in [-0.15, -0.1) is 0 Å². The first-order valence-corrected chi connectivity index (χ1v) is 2.81. The number of hydrogen-bond donors (Lipinski definition) is 0. The fourth-order valence-electron chi connectivity index (χ4n) is 0.604. The number of pyridine rings is 1. The van der Waals surface area contributed by atoms with E-state index in [-0.39, 0.29) is 5.78 Å². The Labute approximate surface area is 57.7 Å². The van der Waals surface area contributed by atoms with Gasteiger partial charge in [-0.05, 0) is 13.0 Å². The summed E-state index contributed by atoms with van der Waals surface area (Å²) in [5.41, 5.74) is 0.306. The third-order valence-electron chi connectivity index (χ3n) is 1.11. The fourth-order valence-corrected chi connectivity index (χ4v) is 0.604. The molecule has 0 aliphatic heterocycles. The van der Waals surface area contributed by atoms with E-state index in [0.29, 0.717) is 5.56 Å². The second-order valence-corrected chi connectivity index (χ2v) is 1.95. The lowest BCUT2D eigenvalue weighted by atomic mass is 10.2. The van der Waals surface area contributed by atoms with Crippen molar-refractivity contribution in [3.8, 4) is 0 Å². The van der Waals surface area contributed by atoms with Crippen LogP contribution in [-0.4, -0.2) is 10.8 Å². The molecule has 0 atom stereocenters. The molecule has 1 heterocycles. The Morgan fingerprint density at radius 3 is 2.70 bits per heavy atom. The SMILES string of the molecule is CC(=O)c1cncc(F)c1. The molecule has 3 heteroatoms. The summed E-state index contributed by atoms with van der Waals surface area (Å²) in [6.45, 7) is 1.37. The monoisotopic (exact) mass is 139 g/mol. The minimum Gasteiger partial charge on any atom is -0.294 e. The van der Waals surface area contributed by atoms with Crippen molar-refractivity contribution in [2.75, 3.05) is 0 Å². The van der Waals surface area contributed by atoms with Crippen LogP contribution in [0.1, 0.15) is 17.3 Å². The average molecular weight is 139 g/mol. The van der Waals surface area contributed by atoms with Crippen LogP contribution in [0.15, 0.2) is 18.5 Å². The van der Waals surface area contributed by atoms with Crippen molar-refractivity contribution in [2.24, 2.45) is 0 Å². The van der Waals surface area contributed by atoms with E-state index in [9.17, 15) is 9.18 Å². The largest absolute Gasteiger partial charge is 0.294 e. The van der Waals surface area contributed by atoms with E-state index in [1.165, 1.54) is 13.1 Å². The number of carbonyl (C=O) groups excluding carboxylic acids is 1. The molecule has 0 amide bonds. The second kappa shape index (κ2) is 2.56. The summed E-state index contributed by atoms with van der Waals surface area (Å²) < 4.78 is 12.3. The van der Waals surface area contributed by atoms with Crippen molar-refractivity contribution in [1.82, 2.24) is 4.98 Å². The molecule has 0 fully saturated rings. The Bertz CT molecular complexity index is 260. The minimum atomic E-state index is -0.479. The van der Waals surface area contributed by atoms with E-state index in [1.54, 1.807) is 0 Å². The zero-order chi connectivity index (χ0) is 7.56. The van der Waals surface area contributed by atoms with Crippen LogP contribution in [0, 0.1) is 5.82 Å². The smallest absolute Gasteiger partial charge is 0.161 e. The number of carbonyl (C=O) groups is 1. The molecule has 0 saturated heterocycles. The normalized spacial score (nSPS) is 9.40. The highest BCUT2D eigenvalue weighted by atomic mass is 19.1. The van der Waals surface area contributed by atoms with Crippen molar-refractivity contribution in [2.45, 2.75) is 6.92 Å². The highest BCUT2D eigenvalue weighted by molar-refractivity contribution is 5.93. The zero-order valence-corrected chi connectivity index (χ0v) is 5.47. The van der Waals surface area contributed by atoms with E-state index in [0.717, 1.165) is 12.3 Å². The van der Waals surface area contributed by atoms with Gasteiger partial charge in [-0.2, -0.15) is 0 Å². The number of ketones is 1. The van der Waals surface area contributed by atoms with E-state index in [1.807, 2.05) is 0 Å². The second-order valence-electron chi connectivity index (χ2n) is 1.95. The minimum absolute atomic E-state index is 0.174. The molecule has 0 N–H and O–H groups in total. The maximum absolute atomic E-state index is 12.3. The van der Waals surface area contributed by atoms with Crippen molar-refractivity contribution in [3.63, 3.8) is 0 Å². The number of halogens is 1. The van der Waals surface area contributed by atoms with E-state index in [2.05, 4.69) is 4.98 Å². The first-order valence-electron chi connectivity index (χ1n) is 2.81. The lowest BCUT2D eigenvalue weighted by Gasteiger charge is -1.91. The van der Waals surface area contributed by atoms with E-state index < -0.39 is 5.82 Å². The molecular formula is C7H6FNO. The molecule has 0 bridgehead atoms. The van der Waals surface area contributed by atoms with Crippen molar-refractivity contribution >= 4 is 5.78 Å². The number of Topliss-reactive ketones (excluding diaryl/α,β-unsaturated/α-hetero) is 1. The van der Waals surface area contributed by atoms with Gasteiger partial charge in [0.1, 0.15) is 5.82 Å². The quantitative estimate of drug-likeness (QED) is 0.551. The molecule has 2 nitrogen and oxygen atoms in total. The van der Waals surface area contributed by atoms with Gasteiger partial charge >= 0.3 is 0 Å². The molecule has 0 saturated carbocycles. The van der Waals surface area contributed by atoms with Crippen molar-refractivity contribution in [3.05, 3.63) is 29.8 Å². The first kappa shape index (κ1) is 6.86. The highest BCUT2D eigenvalue weighted by Gasteiger charge is 1.99. The van der Waals surface area contributed by atoms with Gasteiger partial charge in [-0.1, -0.05) is 0 Å². The summed E-state index contributed by atoms with van der Waals surface area (Å²) in [7, 11) is 0. The van der Waals surface area contributed by atoms with Gasteiger partial charge in [0.25, 0.3) is 0 Å². The van der Waals surface area contributed by atoms with Gasteiger partial charge in [-0.25, -0.2) is 4.39 Å². The van der Waals surface area contributed by atoms with E-state index >= 15 is 0 Å². The Morgan fingerprint density at radius 2 is 2.30 bits per heavy atom. The zero-order valence-electron chi connectivity index (χ0n) is 5.47. The maximum atomic E-state index is 12.3. The lowest BCUT2D eigenvalue weighted by molar-refractivity contribution is 0.101. The molecule has 0 spiro atoms. The van der Waals surface area contributed by atoms with Crippen LogP contribution in [0.3, 0.4) is 0 Å². The molecule has 10 heavy (non-hydrogen) atoms. The molecule has 1 aromatic heterocycles. The van der Waals surface area contributed by atoms with Gasteiger partial charge in [0.2, 0.25) is 0 Å². The van der Waals surface area contributed by atoms with Crippen LogP contribution >= 0.6 is 0 Å². The third-order valence-corrected chi connectivity index (χ3v) is 1.11. The Balaban J connectivity index is 3.07. The van der Waals surface area contributed by atoms with Crippen LogP contribution < -0.4 is 0 Å². The Hall–Kier alpha value is -1.25. The maximum Gasteiger partial charge on any atom is 0.161 e. The van der Waals surface area contributed by atoms with Crippen LogP contribution in [0.5, 0.6) is 0 Å². The Kier molecular flexibility index (Phi) is 1.76. The molecule has 0 unspecified atom stereocenters. The first-order chi connectivity index (χ1) is 4.70. The van der Waals surface area contributed by atoms with Crippen molar-refractivity contribution < 1.29 is 9.18 Å². The molecule has 0 aliphatic carbocycles. The van der Waals surface area contributed by atoms with Gasteiger partial charge in [0.15, 0.2) is 5.78 Å². The summed E-state index contributed by atoms with van der Waals surface area (Å²) in [5.74, 6) is -0.653. The van der Waals surface area contributed by atoms with Gasteiger partial charge < -0.3 is 0 Å². The van der Waals surface area contributed by atoms with Crippen LogP contribution in [-0.2, 0) is 0 Å². The number of hydrogen-bond acceptors (Lipinski definition) is 2. The molecule has 0 radical (unpaired) electrons. The third kappa shape index (κ3) is 1.37. The van der Waals surface area contributed by atoms with Crippen LogP contribution in [0.4, 0.5) is 4.39 Å². The molecule has 52 valence electrons. The number of nitrogens with zero attached hydrogens (tertiary/aromatic N) is 1. The topological polar surface area (TPSA) is 30.0 Å². The number of aromatic nitrogens is 1. The molecule has 0 aromatic carbocycles. The summed E-state index contributed by atoms with van der Waals surface area (Å²) in [6, 6.07) is 1.16. The van der Waals surface area contributed by atoms with Gasteiger partial charge in [0.05, 0.1) is 6.20 Å². The highest BCUT2D eigenvalue weighted by Crippen LogP contribution is 2.00. The lowest BCUT2D eigenvalue weighted by Crippen LogP contribution is -1.93. The van der Waals surface area contributed by atoms with Crippen LogP contribution in [0.25, 0.3) is 0 Å². The Morgan fingerprint density at radius 1 is 1.60 bits per heavy atom. The standard InChI is InChI=1S/C7H6FNO/c1-5(10)6-2-7(8)4-9-3-6/h2-4H,1H3. The molecule has 1 aromatic rings. The summed E-state index contributed by atoms with van der Waals surface area (Å²) >= 11 is 0. The summed E-state index contributed by atoms with van der Waals surface area (Å²) in [5, 5.41) is 0. The molecular weight excluding hydrogens is 133 g/mol. The molecule has 1 rings (SSSR count). The van der Waals surface area contributed by atoms with Gasteiger partial charge in [-0.3, -0.25) is 9.78 Å². The number of rotatable bonds is 1. The average Bonchev–Trinajstić information content (AvgIpc) is 1.88. The predicted octanol–water partition coefficient (Wildman–Crippen LogP) is 1.42. The van der Waals surface area contributed by atoms with Crippen LogP contribution in [0.2, 0.25) is 0 Å². The molecule has 0 aliphatic rings.